The van der Waals surface area contributed by atoms with E-state index >= 15 is 0 Å². The van der Waals surface area contributed by atoms with Crippen molar-refractivity contribution in [3.8, 4) is 0 Å². The summed E-state index contributed by atoms with van der Waals surface area (Å²) in [6.07, 6.45) is 4.92. The van der Waals surface area contributed by atoms with Crippen molar-refractivity contribution in [1.82, 2.24) is 5.32 Å². The molecule has 1 saturated heterocycles. The molecule has 0 spiro atoms. The number of benzene rings is 1. The monoisotopic (exact) mass is 353 g/mol. The fourth-order valence-corrected chi connectivity index (χ4v) is 4.14. The lowest BCUT2D eigenvalue weighted by Gasteiger charge is -2.29. The molecule has 1 aromatic rings. The van der Waals surface area contributed by atoms with Crippen LogP contribution in [0.2, 0.25) is 0 Å². The van der Waals surface area contributed by atoms with E-state index in [-0.39, 0.29) is 12.1 Å². The lowest BCUT2D eigenvalue weighted by atomic mass is 10.0. The van der Waals surface area contributed by atoms with Gasteiger partial charge in [0.2, 0.25) is 10.0 Å². The predicted octanol–water partition coefficient (Wildman–Crippen LogP) is 1.70. The van der Waals surface area contributed by atoms with Crippen LogP contribution in [0.5, 0.6) is 0 Å². The van der Waals surface area contributed by atoms with Crippen LogP contribution in [-0.4, -0.2) is 46.5 Å². The molecule has 0 bridgehead atoms. The van der Waals surface area contributed by atoms with E-state index in [4.69, 9.17) is 4.74 Å². The van der Waals surface area contributed by atoms with Crippen LogP contribution in [0.3, 0.4) is 0 Å². The molecule has 1 fully saturated rings. The number of hydrogen-bond acceptors (Lipinski definition) is 4. The van der Waals surface area contributed by atoms with Crippen molar-refractivity contribution >= 4 is 27.4 Å². The van der Waals surface area contributed by atoms with E-state index in [0.717, 1.165) is 37.9 Å². The van der Waals surface area contributed by atoms with Gasteiger partial charge in [0.15, 0.2) is 0 Å². The van der Waals surface area contributed by atoms with Crippen molar-refractivity contribution < 1.29 is 17.9 Å². The van der Waals surface area contributed by atoms with Crippen molar-refractivity contribution in [2.24, 2.45) is 0 Å². The van der Waals surface area contributed by atoms with Crippen LogP contribution < -0.4 is 14.9 Å². The van der Waals surface area contributed by atoms with Gasteiger partial charge in [0.05, 0.1) is 18.0 Å². The van der Waals surface area contributed by atoms with E-state index < -0.39 is 10.0 Å². The SMILES string of the molecule is CS(=O)(=O)N1CCCc2ccc(NC(=O)NC[C@H]3CCCO3)cc21. The Bertz CT molecular complexity index is 714. The van der Waals surface area contributed by atoms with Crippen molar-refractivity contribution in [2.75, 3.05) is 35.6 Å². The number of carbonyl (C=O) groups excluding carboxylic acids is 1. The van der Waals surface area contributed by atoms with Crippen LogP contribution in [0.15, 0.2) is 18.2 Å². The van der Waals surface area contributed by atoms with Gasteiger partial charge in [0.1, 0.15) is 0 Å². The van der Waals surface area contributed by atoms with Gasteiger partial charge in [-0.2, -0.15) is 0 Å². The van der Waals surface area contributed by atoms with E-state index in [2.05, 4.69) is 10.6 Å². The minimum atomic E-state index is -3.32. The molecular weight excluding hydrogens is 330 g/mol. The van der Waals surface area contributed by atoms with Gasteiger partial charge >= 0.3 is 6.03 Å². The third-order valence-electron chi connectivity index (χ3n) is 4.33. The zero-order chi connectivity index (χ0) is 17.2. The highest BCUT2D eigenvalue weighted by atomic mass is 32.2. The fraction of sp³-hybridized carbons (Fsp3) is 0.562. The second kappa shape index (κ2) is 6.98. The van der Waals surface area contributed by atoms with Crippen molar-refractivity contribution in [3.05, 3.63) is 23.8 Å². The molecule has 2 N–H and O–H groups in total. The number of nitrogens with zero attached hydrogens (tertiary/aromatic N) is 1. The van der Waals surface area contributed by atoms with Gasteiger partial charge in [0, 0.05) is 25.4 Å². The molecule has 0 radical (unpaired) electrons. The molecule has 8 heteroatoms. The van der Waals surface area contributed by atoms with E-state index in [0.29, 0.717) is 24.5 Å². The number of amides is 2. The molecule has 7 nitrogen and oxygen atoms in total. The minimum Gasteiger partial charge on any atom is -0.376 e. The van der Waals surface area contributed by atoms with Gasteiger partial charge in [-0.15, -0.1) is 0 Å². The van der Waals surface area contributed by atoms with Crippen LogP contribution in [-0.2, 0) is 21.2 Å². The quantitative estimate of drug-likeness (QED) is 0.862. The van der Waals surface area contributed by atoms with E-state index in [1.165, 1.54) is 10.6 Å². The topological polar surface area (TPSA) is 87.7 Å². The maximum Gasteiger partial charge on any atom is 0.319 e. The van der Waals surface area contributed by atoms with Crippen LogP contribution in [0.4, 0.5) is 16.2 Å². The number of ether oxygens (including phenoxy) is 1. The first kappa shape index (κ1) is 17.0. The second-order valence-electron chi connectivity index (χ2n) is 6.25. The van der Waals surface area contributed by atoms with Crippen molar-refractivity contribution in [3.63, 3.8) is 0 Å². The van der Waals surface area contributed by atoms with Gasteiger partial charge in [-0.1, -0.05) is 6.07 Å². The Morgan fingerprint density at radius 1 is 1.38 bits per heavy atom. The summed E-state index contributed by atoms with van der Waals surface area (Å²) in [5.41, 5.74) is 2.21. The molecule has 24 heavy (non-hydrogen) atoms. The molecule has 2 aliphatic heterocycles. The van der Waals surface area contributed by atoms with Gasteiger partial charge in [-0.05, 0) is 43.4 Å². The number of hydrogen-bond donors (Lipinski definition) is 2. The summed E-state index contributed by atoms with van der Waals surface area (Å²) >= 11 is 0. The Kier molecular flexibility index (Phi) is 4.96. The van der Waals surface area contributed by atoms with E-state index in [1.54, 1.807) is 12.1 Å². The lowest BCUT2D eigenvalue weighted by molar-refractivity contribution is 0.112. The van der Waals surface area contributed by atoms with Gasteiger partial charge in [-0.25, -0.2) is 13.2 Å². The average Bonchev–Trinajstić information content (AvgIpc) is 3.05. The lowest BCUT2D eigenvalue weighted by Crippen LogP contribution is -2.36. The summed E-state index contributed by atoms with van der Waals surface area (Å²) < 4.78 is 30.8. The Hall–Kier alpha value is -1.80. The summed E-state index contributed by atoms with van der Waals surface area (Å²) in [5.74, 6) is 0. The minimum absolute atomic E-state index is 0.0833. The third kappa shape index (κ3) is 3.99. The summed E-state index contributed by atoms with van der Waals surface area (Å²) in [5, 5.41) is 5.55. The Balaban J connectivity index is 1.67. The van der Waals surface area contributed by atoms with Gasteiger partial charge in [-0.3, -0.25) is 4.31 Å². The first-order valence-electron chi connectivity index (χ1n) is 8.20. The number of nitrogens with one attached hydrogen (secondary N) is 2. The Morgan fingerprint density at radius 3 is 2.92 bits per heavy atom. The second-order valence-corrected chi connectivity index (χ2v) is 8.16. The molecule has 0 aromatic heterocycles. The smallest absolute Gasteiger partial charge is 0.319 e. The van der Waals surface area contributed by atoms with Crippen LogP contribution >= 0.6 is 0 Å². The zero-order valence-corrected chi connectivity index (χ0v) is 14.6. The van der Waals surface area contributed by atoms with Gasteiger partial charge in [0.25, 0.3) is 0 Å². The van der Waals surface area contributed by atoms with E-state index in [1.807, 2.05) is 6.07 Å². The number of urea groups is 1. The van der Waals surface area contributed by atoms with Gasteiger partial charge < -0.3 is 15.4 Å². The maximum atomic E-state index is 12.0. The summed E-state index contributed by atoms with van der Waals surface area (Å²) in [6.45, 7) is 1.70. The van der Waals surface area contributed by atoms with Crippen molar-refractivity contribution in [2.45, 2.75) is 31.8 Å². The third-order valence-corrected chi connectivity index (χ3v) is 5.51. The van der Waals surface area contributed by atoms with Crippen LogP contribution in [0.25, 0.3) is 0 Å². The van der Waals surface area contributed by atoms with Crippen LogP contribution in [0.1, 0.15) is 24.8 Å². The fourth-order valence-electron chi connectivity index (χ4n) is 3.15. The summed E-state index contributed by atoms with van der Waals surface area (Å²) in [4.78, 5) is 12.0. The largest absolute Gasteiger partial charge is 0.376 e. The highest BCUT2D eigenvalue weighted by molar-refractivity contribution is 7.92. The zero-order valence-electron chi connectivity index (χ0n) is 13.7. The molecule has 0 aliphatic carbocycles. The molecule has 1 atom stereocenters. The average molecular weight is 353 g/mol. The molecule has 2 amide bonds. The van der Waals surface area contributed by atoms with E-state index in [9.17, 15) is 13.2 Å². The molecule has 0 unspecified atom stereocenters. The number of rotatable bonds is 4. The molecule has 2 aliphatic rings. The number of fused-ring (bicyclic) bond motifs is 1. The van der Waals surface area contributed by atoms with Crippen LogP contribution in [0, 0.1) is 0 Å². The molecule has 0 saturated carbocycles. The molecule has 132 valence electrons. The normalized spacial score (nSPS) is 20.5. The molecule has 3 rings (SSSR count). The maximum absolute atomic E-state index is 12.0. The van der Waals surface area contributed by atoms with Crippen molar-refractivity contribution in [1.29, 1.82) is 0 Å². The predicted molar refractivity (Wildman–Crippen MR) is 92.9 cm³/mol. The highest BCUT2D eigenvalue weighted by Crippen LogP contribution is 2.31. The summed E-state index contributed by atoms with van der Waals surface area (Å²) in [7, 11) is -3.32. The number of sulfonamides is 1. The highest BCUT2D eigenvalue weighted by Gasteiger charge is 2.24. The summed E-state index contributed by atoms with van der Waals surface area (Å²) in [6, 6.07) is 5.09. The number of aryl methyl sites for hydroxylation is 1. The first-order valence-corrected chi connectivity index (χ1v) is 10.1. The molecular formula is C16H23N3O4S. The molecule has 1 aromatic carbocycles. The standard InChI is InChI=1S/C16H23N3O4S/c1-24(21,22)19-8-2-4-12-6-7-13(10-15(12)19)18-16(20)17-11-14-5-3-9-23-14/h6-7,10,14H,2-5,8-9,11H2,1H3,(H2,17,18,20)/t14-/m1/s1. The molecule has 2 heterocycles. The Labute approximate surface area is 142 Å². The Morgan fingerprint density at radius 2 is 2.21 bits per heavy atom. The first-order chi connectivity index (χ1) is 11.4. The number of anilines is 2. The number of carbonyl (C=O) groups is 1.